The van der Waals surface area contributed by atoms with Gasteiger partial charge in [-0.3, -0.25) is 19.3 Å². The molecule has 5 nitrogen and oxygen atoms in total. The van der Waals surface area contributed by atoms with Crippen LogP contribution in [0, 0.1) is 0 Å². The van der Waals surface area contributed by atoms with Crippen molar-refractivity contribution in [3.05, 3.63) is 93.2 Å². The van der Waals surface area contributed by atoms with E-state index in [1.54, 1.807) is 34.4 Å². The van der Waals surface area contributed by atoms with Crippen molar-refractivity contribution in [3.8, 4) is 0 Å². The predicted molar refractivity (Wildman–Crippen MR) is 112 cm³/mol. The van der Waals surface area contributed by atoms with Crippen molar-refractivity contribution < 1.29 is 14.4 Å². The number of carbonyl (C=O) groups excluding carboxylic acids is 3. The molecule has 6 heteroatoms. The van der Waals surface area contributed by atoms with Crippen LogP contribution < -0.4 is 0 Å². The third-order valence-electron chi connectivity index (χ3n) is 5.00. The van der Waals surface area contributed by atoms with Gasteiger partial charge in [0.25, 0.3) is 17.7 Å². The predicted octanol–water partition coefficient (Wildman–Crippen LogP) is 4.21. The molecule has 1 aliphatic heterocycles. The van der Waals surface area contributed by atoms with Crippen LogP contribution in [0.15, 0.2) is 66.0 Å². The van der Waals surface area contributed by atoms with Crippen LogP contribution in [-0.4, -0.2) is 34.1 Å². The molecule has 0 atom stereocenters. The van der Waals surface area contributed by atoms with E-state index in [-0.39, 0.29) is 24.3 Å². The molecule has 0 bridgehead atoms. The molecule has 2 heterocycles. The molecule has 0 radical (unpaired) electrons. The number of imide groups is 1. The third-order valence-corrected chi connectivity index (χ3v) is 5.86. The lowest BCUT2D eigenvalue weighted by atomic mass is 10.0. The minimum Gasteiger partial charge on any atom is -0.334 e. The lowest BCUT2D eigenvalue weighted by Gasteiger charge is -2.20. The van der Waals surface area contributed by atoms with Gasteiger partial charge in [-0.2, -0.15) is 0 Å². The molecule has 0 saturated carbocycles. The first-order valence-corrected chi connectivity index (χ1v) is 10.3. The first-order valence-electron chi connectivity index (χ1n) is 9.44. The summed E-state index contributed by atoms with van der Waals surface area (Å²) in [7, 11) is 0. The maximum atomic E-state index is 13.0. The average molecular weight is 404 g/mol. The molecule has 0 saturated heterocycles. The summed E-state index contributed by atoms with van der Waals surface area (Å²) in [6, 6.07) is 18.1. The Morgan fingerprint density at radius 1 is 0.966 bits per heavy atom. The number of fused-ring (bicyclic) bond motifs is 1. The van der Waals surface area contributed by atoms with Gasteiger partial charge < -0.3 is 4.90 Å². The summed E-state index contributed by atoms with van der Waals surface area (Å²) in [5.41, 5.74) is 1.95. The van der Waals surface area contributed by atoms with Crippen molar-refractivity contribution >= 4 is 29.1 Å². The van der Waals surface area contributed by atoms with Crippen LogP contribution >= 0.6 is 11.3 Å². The van der Waals surface area contributed by atoms with Crippen molar-refractivity contribution in [1.82, 2.24) is 9.80 Å². The quantitative estimate of drug-likeness (QED) is 0.579. The number of thiophene rings is 1. The average Bonchev–Trinajstić information content (AvgIpc) is 3.35. The lowest BCUT2D eigenvalue weighted by molar-refractivity contribution is 0.0642. The molecule has 2 aromatic carbocycles. The van der Waals surface area contributed by atoms with E-state index in [0.717, 1.165) is 10.4 Å². The van der Waals surface area contributed by atoms with Gasteiger partial charge in [0.05, 0.1) is 24.2 Å². The summed E-state index contributed by atoms with van der Waals surface area (Å²) >= 11 is 1.60. The van der Waals surface area contributed by atoms with E-state index in [9.17, 15) is 14.4 Å². The number of amides is 3. The third kappa shape index (κ3) is 3.71. The highest BCUT2D eigenvalue weighted by atomic mass is 32.1. The summed E-state index contributed by atoms with van der Waals surface area (Å²) in [6.45, 7) is 3.23. The molecule has 0 spiro atoms. The van der Waals surface area contributed by atoms with E-state index in [1.165, 1.54) is 4.90 Å². The summed E-state index contributed by atoms with van der Waals surface area (Å²) < 4.78 is 0. The second-order valence-electron chi connectivity index (χ2n) is 6.84. The number of nitrogens with zero attached hydrogens (tertiary/aromatic N) is 2. The smallest absolute Gasteiger partial charge is 0.261 e. The van der Waals surface area contributed by atoms with Crippen molar-refractivity contribution in [2.45, 2.75) is 20.0 Å². The van der Waals surface area contributed by atoms with Crippen molar-refractivity contribution in [3.63, 3.8) is 0 Å². The van der Waals surface area contributed by atoms with Crippen LogP contribution in [-0.2, 0) is 13.1 Å². The summed E-state index contributed by atoms with van der Waals surface area (Å²) in [6.07, 6.45) is 0. The minimum atomic E-state index is -0.357. The Hall–Kier alpha value is -3.25. The fourth-order valence-electron chi connectivity index (χ4n) is 3.43. The van der Waals surface area contributed by atoms with Crippen LogP contribution in [0.2, 0.25) is 0 Å². The number of carbonyl (C=O) groups is 3. The van der Waals surface area contributed by atoms with Crippen LogP contribution in [0.3, 0.4) is 0 Å². The standard InChI is InChI=1S/C23H20N2O3S/c1-2-24(15-18-9-6-12-29-18)21(26)17-10-11-19-20(13-17)23(28)25(22(19)27)14-16-7-4-3-5-8-16/h3-13H,2,14-15H2,1H3. The first-order chi connectivity index (χ1) is 14.1. The van der Waals surface area contributed by atoms with Crippen LogP contribution in [0.1, 0.15) is 48.4 Å². The zero-order chi connectivity index (χ0) is 20.4. The van der Waals surface area contributed by atoms with E-state index in [4.69, 9.17) is 0 Å². The highest BCUT2D eigenvalue weighted by molar-refractivity contribution is 7.09. The molecule has 0 unspecified atom stereocenters. The van der Waals surface area contributed by atoms with Crippen molar-refractivity contribution in [1.29, 1.82) is 0 Å². The van der Waals surface area contributed by atoms with Gasteiger partial charge in [0.2, 0.25) is 0 Å². The van der Waals surface area contributed by atoms with E-state index in [2.05, 4.69) is 0 Å². The zero-order valence-corrected chi connectivity index (χ0v) is 16.8. The fourth-order valence-corrected chi connectivity index (χ4v) is 4.15. The largest absolute Gasteiger partial charge is 0.334 e. The number of hydrogen-bond donors (Lipinski definition) is 0. The molecule has 29 heavy (non-hydrogen) atoms. The Morgan fingerprint density at radius 3 is 2.41 bits per heavy atom. The Morgan fingerprint density at radius 2 is 1.72 bits per heavy atom. The zero-order valence-electron chi connectivity index (χ0n) is 16.0. The molecule has 1 aliphatic rings. The highest BCUT2D eigenvalue weighted by Crippen LogP contribution is 2.26. The van der Waals surface area contributed by atoms with Gasteiger partial charge in [0.1, 0.15) is 0 Å². The molecule has 0 fully saturated rings. The molecule has 0 N–H and O–H groups in total. The molecular formula is C23H20N2O3S. The number of benzene rings is 2. The molecular weight excluding hydrogens is 384 g/mol. The van der Waals surface area contributed by atoms with Crippen molar-refractivity contribution in [2.75, 3.05) is 6.54 Å². The van der Waals surface area contributed by atoms with Gasteiger partial charge in [-0.15, -0.1) is 11.3 Å². The minimum absolute atomic E-state index is 0.148. The van der Waals surface area contributed by atoms with Gasteiger partial charge >= 0.3 is 0 Å². The number of rotatable bonds is 6. The van der Waals surface area contributed by atoms with Crippen LogP contribution in [0.5, 0.6) is 0 Å². The Balaban J connectivity index is 1.57. The van der Waals surface area contributed by atoms with Gasteiger partial charge in [-0.1, -0.05) is 36.4 Å². The molecule has 146 valence electrons. The van der Waals surface area contributed by atoms with Gasteiger partial charge in [0, 0.05) is 17.0 Å². The Kier molecular flexibility index (Phi) is 5.27. The van der Waals surface area contributed by atoms with Crippen LogP contribution in [0.4, 0.5) is 0 Å². The summed E-state index contributed by atoms with van der Waals surface area (Å²) in [5, 5.41) is 1.98. The van der Waals surface area contributed by atoms with Crippen LogP contribution in [0.25, 0.3) is 0 Å². The normalized spacial score (nSPS) is 12.9. The van der Waals surface area contributed by atoms with E-state index < -0.39 is 0 Å². The van der Waals surface area contributed by atoms with Gasteiger partial charge in [-0.05, 0) is 42.1 Å². The topological polar surface area (TPSA) is 57.7 Å². The second kappa shape index (κ2) is 8.01. The summed E-state index contributed by atoms with van der Waals surface area (Å²) in [4.78, 5) is 42.6. The second-order valence-corrected chi connectivity index (χ2v) is 7.87. The molecule has 3 aromatic rings. The number of hydrogen-bond acceptors (Lipinski definition) is 4. The summed E-state index contributed by atoms with van der Waals surface area (Å²) in [5.74, 6) is -0.825. The SMILES string of the molecule is CCN(Cc1cccs1)C(=O)c1ccc2c(c1)C(=O)N(Cc1ccccc1)C2=O. The molecule has 4 rings (SSSR count). The lowest BCUT2D eigenvalue weighted by Crippen LogP contribution is -2.30. The van der Waals surface area contributed by atoms with Crippen molar-refractivity contribution in [2.24, 2.45) is 0 Å². The maximum Gasteiger partial charge on any atom is 0.261 e. The maximum absolute atomic E-state index is 13.0. The molecule has 1 aromatic heterocycles. The monoisotopic (exact) mass is 404 g/mol. The van der Waals surface area contributed by atoms with E-state index in [0.29, 0.717) is 29.8 Å². The van der Waals surface area contributed by atoms with Gasteiger partial charge in [-0.25, -0.2) is 0 Å². The van der Waals surface area contributed by atoms with E-state index >= 15 is 0 Å². The highest BCUT2D eigenvalue weighted by Gasteiger charge is 2.36. The Bertz CT molecular complexity index is 1060. The first kappa shape index (κ1) is 19.1. The van der Waals surface area contributed by atoms with E-state index in [1.807, 2.05) is 54.8 Å². The molecule has 3 amide bonds. The molecule has 0 aliphatic carbocycles. The van der Waals surface area contributed by atoms with Gasteiger partial charge in [0.15, 0.2) is 0 Å². The Labute approximate surface area is 173 Å². The fraction of sp³-hybridized carbons (Fsp3) is 0.174.